The van der Waals surface area contributed by atoms with E-state index in [1.165, 1.54) is 31.6 Å². The van der Waals surface area contributed by atoms with Crippen LogP contribution < -0.4 is 15.8 Å². The zero-order chi connectivity index (χ0) is 28.5. The van der Waals surface area contributed by atoms with Crippen LogP contribution >= 0.6 is 11.6 Å². The normalized spacial score (nSPS) is 19.9. The average molecular weight is 573 g/mol. The molecule has 2 atom stereocenters. The van der Waals surface area contributed by atoms with Gasteiger partial charge in [-0.1, -0.05) is 23.7 Å². The van der Waals surface area contributed by atoms with Gasteiger partial charge in [-0.25, -0.2) is 4.79 Å². The number of hydrogen-bond donors (Lipinski definition) is 2. The van der Waals surface area contributed by atoms with Crippen LogP contribution in [0, 0.1) is 0 Å². The highest BCUT2D eigenvalue weighted by Gasteiger charge is 2.31. The van der Waals surface area contributed by atoms with Crippen molar-refractivity contribution in [3.05, 3.63) is 58.1 Å². The van der Waals surface area contributed by atoms with Crippen molar-refractivity contribution in [1.29, 1.82) is 0 Å². The number of nitrogens with one attached hydrogen (secondary N) is 1. The third-order valence-electron chi connectivity index (χ3n) is 7.79. The number of carbonyl (C=O) groups is 2. The van der Waals surface area contributed by atoms with Crippen molar-refractivity contribution in [2.75, 3.05) is 65.8 Å². The molecule has 9 nitrogen and oxygen atoms in total. The Bertz CT molecular complexity index is 1140. The number of nitrogens with two attached hydrogens (primary N) is 1. The standard InChI is InChI=1S/C30H41ClN4O5/c1-38-27-19-25(32)24(31)18-23(27)29(36)33-26-11-15-35(20-28(26)39-2)14-5-6-21-7-9-22(10-8-21)30(37)40-17-16-34-12-3-4-13-34/h7-10,18-19,26,28H,3-6,11-17,20,32H2,1-2H3,(H,33,36)/t26-,28+/m1/s1. The molecule has 2 aromatic carbocycles. The molecule has 0 aliphatic carbocycles. The van der Waals surface area contributed by atoms with Crippen LogP contribution in [0.25, 0.3) is 0 Å². The van der Waals surface area contributed by atoms with Crippen molar-refractivity contribution in [2.45, 2.75) is 44.2 Å². The van der Waals surface area contributed by atoms with Crippen LogP contribution in [-0.2, 0) is 15.9 Å². The predicted molar refractivity (Wildman–Crippen MR) is 156 cm³/mol. The summed E-state index contributed by atoms with van der Waals surface area (Å²) in [5.41, 5.74) is 8.34. The first-order valence-corrected chi connectivity index (χ1v) is 14.4. The van der Waals surface area contributed by atoms with Crippen LogP contribution in [-0.4, -0.2) is 93.9 Å². The number of carbonyl (C=O) groups excluding carboxylic acids is 2. The summed E-state index contributed by atoms with van der Waals surface area (Å²) < 4.78 is 16.5. The first-order chi connectivity index (χ1) is 19.4. The first-order valence-electron chi connectivity index (χ1n) is 14.1. The zero-order valence-electron chi connectivity index (χ0n) is 23.5. The SMILES string of the molecule is COc1cc(N)c(Cl)cc1C(=O)N[C@@H]1CCN(CCCc2ccc(C(=O)OCCN3CCCC3)cc2)C[C@@H]1OC. The maximum Gasteiger partial charge on any atom is 0.338 e. The molecule has 2 fully saturated rings. The van der Waals surface area contributed by atoms with Crippen molar-refractivity contribution in [3.8, 4) is 5.75 Å². The molecule has 2 saturated heterocycles. The number of benzene rings is 2. The number of nitrogens with zero attached hydrogens (tertiary/aromatic N) is 2. The lowest BCUT2D eigenvalue weighted by Gasteiger charge is -2.38. The highest BCUT2D eigenvalue weighted by molar-refractivity contribution is 6.33. The molecule has 0 saturated carbocycles. The predicted octanol–water partition coefficient (Wildman–Crippen LogP) is 3.64. The number of aryl methyl sites for hydroxylation is 1. The number of esters is 1. The van der Waals surface area contributed by atoms with Crippen molar-refractivity contribution < 1.29 is 23.8 Å². The lowest BCUT2D eigenvalue weighted by Crippen LogP contribution is -2.55. The summed E-state index contributed by atoms with van der Waals surface area (Å²) in [4.78, 5) is 30.0. The van der Waals surface area contributed by atoms with Gasteiger partial charge in [-0.3, -0.25) is 9.69 Å². The monoisotopic (exact) mass is 572 g/mol. The van der Waals surface area contributed by atoms with Crippen molar-refractivity contribution in [2.24, 2.45) is 0 Å². The topological polar surface area (TPSA) is 106 Å². The fourth-order valence-electron chi connectivity index (χ4n) is 5.42. The molecule has 40 heavy (non-hydrogen) atoms. The van der Waals surface area contributed by atoms with E-state index in [1.54, 1.807) is 13.2 Å². The number of amides is 1. The maximum absolute atomic E-state index is 13.0. The second-order valence-corrected chi connectivity index (χ2v) is 10.9. The van der Waals surface area contributed by atoms with Gasteiger partial charge in [-0.2, -0.15) is 0 Å². The van der Waals surface area contributed by atoms with E-state index in [0.29, 0.717) is 34.2 Å². The van der Waals surface area contributed by atoms with E-state index >= 15 is 0 Å². The first kappa shape index (κ1) is 30.1. The van der Waals surface area contributed by atoms with Gasteiger partial charge in [0.15, 0.2) is 0 Å². The Morgan fingerprint density at radius 2 is 1.80 bits per heavy atom. The number of hydrogen-bond acceptors (Lipinski definition) is 8. The van der Waals surface area contributed by atoms with Crippen LogP contribution in [0.1, 0.15) is 52.0 Å². The Labute approximate surface area is 241 Å². The summed E-state index contributed by atoms with van der Waals surface area (Å²) in [6, 6.07) is 10.7. The Hall–Kier alpha value is -2.85. The Morgan fingerprint density at radius 1 is 1.05 bits per heavy atom. The van der Waals surface area contributed by atoms with Gasteiger partial charge in [0, 0.05) is 32.8 Å². The van der Waals surface area contributed by atoms with E-state index in [2.05, 4.69) is 15.1 Å². The summed E-state index contributed by atoms with van der Waals surface area (Å²) >= 11 is 6.14. The number of methoxy groups -OCH3 is 2. The molecule has 0 spiro atoms. The molecule has 3 N–H and O–H groups in total. The minimum Gasteiger partial charge on any atom is -0.496 e. The third kappa shape index (κ3) is 8.10. The number of ether oxygens (including phenoxy) is 3. The summed E-state index contributed by atoms with van der Waals surface area (Å²) in [7, 11) is 3.17. The molecule has 2 aromatic rings. The molecule has 2 heterocycles. The number of likely N-dealkylation sites (tertiary alicyclic amines) is 2. The molecule has 4 rings (SSSR count). The minimum absolute atomic E-state index is 0.127. The van der Waals surface area contributed by atoms with E-state index in [0.717, 1.165) is 58.5 Å². The maximum atomic E-state index is 13.0. The van der Waals surface area contributed by atoms with Gasteiger partial charge < -0.3 is 30.2 Å². The van der Waals surface area contributed by atoms with Crippen molar-refractivity contribution >= 4 is 29.2 Å². The lowest BCUT2D eigenvalue weighted by molar-refractivity contribution is 0.00616. The Kier molecular flexibility index (Phi) is 11.1. The van der Waals surface area contributed by atoms with Gasteiger partial charge in [-0.15, -0.1) is 0 Å². The summed E-state index contributed by atoms with van der Waals surface area (Å²) in [6.45, 7) is 5.95. The zero-order valence-corrected chi connectivity index (χ0v) is 24.3. The van der Waals surface area contributed by atoms with Gasteiger partial charge in [0.05, 0.1) is 41.1 Å². The molecule has 0 aromatic heterocycles. The van der Waals surface area contributed by atoms with Crippen molar-refractivity contribution in [1.82, 2.24) is 15.1 Å². The smallest absolute Gasteiger partial charge is 0.338 e. The number of rotatable bonds is 12. The molecule has 1 amide bonds. The molecule has 2 aliphatic rings. The highest BCUT2D eigenvalue weighted by Crippen LogP contribution is 2.29. The van der Waals surface area contributed by atoms with Crippen LogP contribution in [0.2, 0.25) is 5.02 Å². The number of anilines is 1. The van der Waals surface area contributed by atoms with Crippen LogP contribution in [0.3, 0.4) is 0 Å². The fourth-order valence-corrected chi connectivity index (χ4v) is 5.58. The van der Waals surface area contributed by atoms with Gasteiger partial charge in [-0.05, 0) is 75.5 Å². The molecular formula is C30H41ClN4O5. The summed E-state index contributed by atoms with van der Waals surface area (Å²) in [6.07, 6.45) is 4.99. The van der Waals surface area contributed by atoms with Gasteiger partial charge >= 0.3 is 5.97 Å². The third-order valence-corrected chi connectivity index (χ3v) is 8.12. The van der Waals surface area contributed by atoms with Crippen LogP contribution in [0.15, 0.2) is 36.4 Å². The molecule has 2 aliphatic heterocycles. The van der Waals surface area contributed by atoms with E-state index in [-0.39, 0.29) is 24.0 Å². The molecule has 0 radical (unpaired) electrons. The van der Waals surface area contributed by atoms with Crippen molar-refractivity contribution in [3.63, 3.8) is 0 Å². The number of nitrogen functional groups attached to an aromatic ring is 1. The highest BCUT2D eigenvalue weighted by atomic mass is 35.5. The second kappa shape index (κ2) is 14.7. The lowest BCUT2D eigenvalue weighted by atomic mass is 10.00. The van der Waals surface area contributed by atoms with Crippen LogP contribution in [0.4, 0.5) is 5.69 Å². The van der Waals surface area contributed by atoms with Gasteiger partial charge in [0.1, 0.15) is 12.4 Å². The molecule has 218 valence electrons. The second-order valence-electron chi connectivity index (χ2n) is 10.5. The Balaban J connectivity index is 1.19. The average Bonchev–Trinajstić information content (AvgIpc) is 3.48. The van der Waals surface area contributed by atoms with E-state index in [9.17, 15) is 9.59 Å². The molecule has 0 unspecified atom stereocenters. The number of halogens is 1. The van der Waals surface area contributed by atoms with E-state index in [1.807, 2.05) is 24.3 Å². The molecular weight excluding hydrogens is 532 g/mol. The van der Waals surface area contributed by atoms with Crippen LogP contribution in [0.5, 0.6) is 5.75 Å². The van der Waals surface area contributed by atoms with Gasteiger partial charge in [0.2, 0.25) is 0 Å². The molecule has 0 bridgehead atoms. The summed E-state index contributed by atoms with van der Waals surface area (Å²) in [5, 5.41) is 3.40. The van der Waals surface area contributed by atoms with Gasteiger partial charge in [0.25, 0.3) is 5.91 Å². The quantitative estimate of drug-likeness (QED) is 0.293. The number of piperidine rings is 1. The minimum atomic E-state index is -0.266. The molecule has 10 heteroatoms. The van der Waals surface area contributed by atoms with E-state index < -0.39 is 0 Å². The summed E-state index contributed by atoms with van der Waals surface area (Å²) in [5.74, 6) is -0.143. The Morgan fingerprint density at radius 3 is 2.50 bits per heavy atom. The largest absolute Gasteiger partial charge is 0.496 e. The van der Waals surface area contributed by atoms with E-state index in [4.69, 9.17) is 31.5 Å². The fraction of sp³-hybridized carbons (Fsp3) is 0.533.